The van der Waals surface area contributed by atoms with Crippen LogP contribution in [0, 0.1) is 17.0 Å². The van der Waals surface area contributed by atoms with Gasteiger partial charge in [0.05, 0.1) is 23.0 Å². The fraction of sp³-hybridized carbons (Fsp3) is 0.364. The Balaban J connectivity index is 3.08. The Labute approximate surface area is 103 Å². The lowest BCUT2D eigenvalue weighted by Crippen LogP contribution is -2.26. The highest BCUT2D eigenvalue weighted by Crippen LogP contribution is 2.29. The first-order chi connectivity index (χ1) is 8.32. The van der Waals surface area contributed by atoms with Crippen LogP contribution in [-0.4, -0.2) is 27.1 Å². The molecule has 98 valence electrons. The van der Waals surface area contributed by atoms with Crippen molar-refractivity contribution in [2.45, 2.75) is 25.6 Å². The number of rotatable bonds is 5. The Hall–Kier alpha value is -1.99. The number of nitrogens with zero attached hydrogens (tertiary/aromatic N) is 1. The van der Waals surface area contributed by atoms with Crippen molar-refractivity contribution in [3.05, 3.63) is 39.4 Å². The van der Waals surface area contributed by atoms with Gasteiger partial charge in [-0.25, -0.2) is 0 Å². The van der Waals surface area contributed by atoms with Crippen LogP contribution >= 0.6 is 0 Å². The fourth-order valence-corrected chi connectivity index (χ4v) is 1.59. The largest absolute Gasteiger partial charge is 0.390 e. The molecule has 2 atom stereocenters. The first-order valence-electron chi connectivity index (χ1n) is 5.22. The van der Waals surface area contributed by atoms with Gasteiger partial charge >= 0.3 is 0 Å². The molecule has 1 aromatic rings. The van der Waals surface area contributed by atoms with Crippen molar-refractivity contribution in [2.24, 2.45) is 5.73 Å². The fourth-order valence-electron chi connectivity index (χ4n) is 1.59. The van der Waals surface area contributed by atoms with E-state index in [2.05, 4.69) is 0 Å². The number of aliphatic hydroxyl groups excluding tert-OH is 2. The van der Waals surface area contributed by atoms with E-state index in [9.17, 15) is 25.1 Å². The zero-order chi connectivity index (χ0) is 13.9. The van der Waals surface area contributed by atoms with Gasteiger partial charge in [-0.3, -0.25) is 14.9 Å². The van der Waals surface area contributed by atoms with Gasteiger partial charge in [0.1, 0.15) is 6.10 Å². The molecule has 2 unspecified atom stereocenters. The molecule has 0 saturated carbocycles. The van der Waals surface area contributed by atoms with Gasteiger partial charge in [-0.1, -0.05) is 6.07 Å². The van der Waals surface area contributed by atoms with Crippen LogP contribution < -0.4 is 5.73 Å². The SMILES string of the molecule is Cc1ccc(C(O)C(O)CC(N)=O)c([N+](=O)[O-])c1. The average Bonchev–Trinajstić information content (AvgIpc) is 2.26. The molecule has 0 aliphatic heterocycles. The number of carbonyl (C=O) groups is 1. The van der Waals surface area contributed by atoms with E-state index in [1.807, 2.05) is 0 Å². The smallest absolute Gasteiger partial charge is 0.275 e. The molecule has 0 spiro atoms. The molecule has 0 bridgehead atoms. The predicted octanol–water partition coefficient (Wildman–Crippen LogP) is 0.173. The number of nitrogens with two attached hydrogens (primary N) is 1. The lowest BCUT2D eigenvalue weighted by atomic mass is 9.99. The van der Waals surface area contributed by atoms with Gasteiger partial charge in [-0.15, -0.1) is 0 Å². The Bertz CT molecular complexity index is 475. The molecule has 0 heterocycles. The van der Waals surface area contributed by atoms with Crippen molar-refractivity contribution in [2.75, 3.05) is 0 Å². The number of aliphatic hydroxyl groups is 2. The minimum atomic E-state index is -1.53. The maximum Gasteiger partial charge on any atom is 0.275 e. The highest BCUT2D eigenvalue weighted by atomic mass is 16.6. The summed E-state index contributed by atoms with van der Waals surface area (Å²) in [6, 6.07) is 4.21. The first kappa shape index (κ1) is 14.1. The van der Waals surface area contributed by atoms with Gasteiger partial charge in [0.2, 0.25) is 5.91 Å². The quantitative estimate of drug-likeness (QED) is 0.510. The van der Waals surface area contributed by atoms with E-state index in [1.165, 1.54) is 12.1 Å². The third-order valence-electron chi connectivity index (χ3n) is 2.48. The second kappa shape index (κ2) is 5.56. The van der Waals surface area contributed by atoms with Gasteiger partial charge in [0.25, 0.3) is 5.69 Å². The van der Waals surface area contributed by atoms with Crippen molar-refractivity contribution in [1.82, 2.24) is 0 Å². The molecule has 4 N–H and O–H groups in total. The van der Waals surface area contributed by atoms with E-state index < -0.39 is 29.5 Å². The van der Waals surface area contributed by atoms with Crippen LogP contribution in [0.2, 0.25) is 0 Å². The van der Waals surface area contributed by atoms with Crippen molar-refractivity contribution in [3.8, 4) is 0 Å². The van der Waals surface area contributed by atoms with Crippen molar-refractivity contribution in [3.63, 3.8) is 0 Å². The van der Waals surface area contributed by atoms with Crippen molar-refractivity contribution in [1.29, 1.82) is 0 Å². The predicted molar refractivity (Wildman–Crippen MR) is 62.6 cm³/mol. The van der Waals surface area contributed by atoms with E-state index in [-0.39, 0.29) is 11.3 Å². The summed E-state index contributed by atoms with van der Waals surface area (Å²) in [4.78, 5) is 20.8. The van der Waals surface area contributed by atoms with Gasteiger partial charge in [-0.2, -0.15) is 0 Å². The zero-order valence-corrected chi connectivity index (χ0v) is 9.74. The summed E-state index contributed by atoms with van der Waals surface area (Å²) in [6.45, 7) is 1.67. The van der Waals surface area contributed by atoms with E-state index in [0.717, 1.165) is 0 Å². The molecule has 7 heteroatoms. The normalized spacial score (nSPS) is 13.9. The lowest BCUT2D eigenvalue weighted by Gasteiger charge is -2.17. The highest BCUT2D eigenvalue weighted by Gasteiger charge is 2.27. The number of hydrogen-bond acceptors (Lipinski definition) is 5. The molecule has 0 aliphatic rings. The summed E-state index contributed by atoms with van der Waals surface area (Å²) < 4.78 is 0. The second-order valence-corrected chi connectivity index (χ2v) is 4.00. The molecule has 1 rings (SSSR count). The van der Waals surface area contributed by atoms with Gasteiger partial charge in [-0.05, 0) is 18.6 Å². The molecule has 0 fully saturated rings. The molecule has 0 radical (unpaired) electrons. The van der Waals surface area contributed by atoms with E-state index in [1.54, 1.807) is 13.0 Å². The molecule has 1 aromatic carbocycles. The maximum absolute atomic E-state index is 10.8. The molecule has 0 aliphatic carbocycles. The Kier molecular flexibility index (Phi) is 4.35. The zero-order valence-electron chi connectivity index (χ0n) is 9.74. The topological polar surface area (TPSA) is 127 Å². The summed E-state index contributed by atoms with van der Waals surface area (Å²) in [5.41, 5.74) is 5.20. The molecule has 0 aromatic heterocycles. The van der Waals surface area contributed by atoms with Crippen LogP contribution in [0.1, 0.15) is 23.7 Å². The number of benzene rings is 1. The Morgan fingerprint density at radius 3 is 2.61 bits per heavy atom. The minimum absolute atomic E-state index is 0.0423. The first-order valence-corrected chi connectivity index (χ1v) is 5.22. The number of hydrogen-bond donors (Lipinski definition) is 3. The van der Waals surface area contributed by atoms with Gasteiger partial charge in [0, 0.05) is 6.07 Å². The van der Waals surface area contributed by atoms with Crippen LogP contribution in [0.3, 0.4) is 0 Å². The average molecular weight is 254 g/mol. The third-order valence-corrected chi connectivity index (χ3v) is 2.48. The van der Waals surface area contributed by atoms with Gasteiger partial charge in [0.15, 0.2) is 0 Å². The standard InChI is InChI=1S/C11H14N2O5/c1-6-2-3-7(8(4-6)13(17)18)11(16)9(14)5-10(12)15/h2-4,9,11,14,16H,5H2,1H3,(H2,12,15). The van der Waals surface area contributed by atoms with E-state index in [0.29, 0.717) is 5.56 Å². The number of amides is 1. The Morgan fingerprint density at radius 2 is 2.11 bits per heavy atom. The second-order valence-electron chi connectivity index (χ2n) is 4.00. The molecule has 0 saturated heterocycles. The number of nitro benzene ring substituents is 1. The highest BCUT2D eigenvalue weighted by molar-refractivity contribution is 5.74. The summed E-state index contributed by atoms with van der Waals surface area (Å²) in [6.07, 6.45) is -3.46. The number of primary amides is 1. The van der Waals surface area contributed by atoms with Crippen molar-refractivity contribution >= 4 is 11.6 Å². The van der Waals surface area contributed by atoms with Crippen LogP contribution in [0.5, 0.6) is 0 Å². The molecule has 18 heavy (non-hydrogen) atoms. The number of carbonyl (C=O) groups excluding carboxylic acids is 1. The lowest BCUT2D eigenvalue weighted by molar-refractivity contribution is -0.386. The Morgan fingerprint density at radius 1 is 1.50 bits per heavy atom. The minimum Gasteiger partial charge on any atom is -0.390 e. The molecular formula is C11H14N2O5. The van der Waals surface area contributed by atoms with Crippen LogP contribution in [0.4, 0.5) is 5.69 Å². The summed E-state index contributed by atoms with van der Waals surface area (Å²) in [5.74, 6) is -0.795. The van der Waals surface area contributed by atoms with Crippen molar-refractivity contribution < 1.29 is 19.9 Å². The third kappa shape index (κ3) is 3.25. The summed E-state index contributed by atoms with van der Waals surface area (Å²) in [7, 11) is 0. The van der Waals surface area contributed by atoms with Crippen LogP contribution in [0.15, 0.2) is 18.2 Å². The summed E-state index contributed by atoms with van der Waals surface area (Å²) in [5, 5.41) is 30.2. The van der Waals surface area contributed by atoms with Crippen LogP contribution in [-0.2, 0) is 4.79 Å². The molecular weight excluding hydrogens is 240 g/mol. The number of aryl methyl sites for hydroxylation is 1. The van der Waals surface area contributed by atoms with Gasteiger partial charge < -0.3 is 15.9 Å². The number of nitro groups is 1. The van der Waals surface area contributed by atoms with E-state index in [4.69, 9.17) is 5.73 Å². The van der Waals surface area contributed by atoms with E-state index >= 15 is 0 Å². The molecule has 1 amide bonds. The molecule has 7 nitrogen and oxygen atoms in total. The monoisotopic (exact) mass is 254 g/mol. The van der Waals surface area contributed by atoms with Crippen LogP contribution in [0.25, 0.3) is 0 Å². The summed E-state index contributed by atoms with van der Waals surface area (Å²) >= 11 is 0. The maximum atomic E-state index is 10.8.